The van der Waals surface area contributed by atoms with Crippen molar-refractivity contribution in [1.29, 1.82) is 0 Å². The summed E-state index contributed by atoms with van der Waals surface area (Å²) in [7, 11) is 0. The Bertz CT molecular complexity index is 3200. The van der Waals surface area contributed by atoms with E-state index in [9.17, 15) is 0 Å². The maximum Gasteiger partial charge on any atom is 0.193 e. The molecule has 0 aliphatic carbocycles. The molecule has 0 aliphatic heterocycles. The summed E-state index contributed by atoms with van der Waals surface area (Å²) in [5, 5.41) is 0. The second-order valence-electron chi connectivity index (χ2n) is 13.8. The molecule has 0 spiro atoms. The highest BCUT2D eigenvalue weighted by Crippen LogP contribution is 2.56. The van der Waals surface area contributed by atoms with Gasteiger partial charge in [0.2, 0.25) is 0 Å². The fourth-order valence-electron chi connectivity index (χ4n) is 6.92. The van der Waals surface area contributed by atoms with Crippen molar-refractivity contribution < 1.29 is 9.47 Å². The van der Waals surface area contributed by atoms with Crippen molar-refractivity contribution in [1.82, 2.24) is 8.75 Å². The number of aryl methyl sites for hydroxylation is 2. The van der Waals surface area contributed by atoms with E-state index in [0.717, 1.165) is 44.8 Å². The molecule has 0 aliphatic rings. The van der Waals surface area contributed by atoms with E-state index in [1.165, 1.54) is 110 Å². The third-order valence-electron chi connectivity index (χ3n) is 9.53. The molecule has 7 aromatic heterocycles. The van der Waals surface area contributed by atoms with Crippen LogP contribution < -0.4 is 9.47 Å². The summed E-state index contributed by atoms with van der Waals surface area (Å²) >= 11 is 12.1. The highest BCUT2D eigenvalue weighted by atomic mass is 32.1. The number of hydrogen-bond acceptors (Lipinski definition) is 11. The van der Waals surface area contributed by atoms with Crippen LogP contribution in [0.15, 0.2) is 24.3 Å². The van der Waals surface area contributed by atoms with Crippen LogP contribution >= 0.6 is 79.7 Å². The highest BCUT2D eigenvalue weighted by molar-refractivity contribution is 7.40. The van der Waals surface area contributed by atoms with Crippen LogP contribution in [0.2, 0.25) is 0 Å². The Morgan fingerprint density at radius 2 is 0.983 bits per heavy atom. The minimum absolute atomic E-state index is 0.534. The van der Waals surface area contributed by atoms with E-state index in [0.29, 0.717) is 18.1 Å². The molecule has 0 amide bonds. The van der Waals surface area contributed by atoms with Gasteiger partial charge in [-0.1, -0.05) is 64.7 Å². The number of nitrogens with zero attached hydrogens (tertiary/aromatic N) is 2. The number of benzene rings is 1. The molecule has 0 atom stereocenters. The molecule has 0 N–H and O–H groups in total. The predicted octanol–water partition coefficient (Wildman–Crippen LogP) is 14.9. The van der Waals surface area contributed by atoms with Gasteiger partial charge in [0.15, 0.2) is 11.5 Å². The van der Waals surface area contributed by atoms with E-state index in [1.807, 2.05) is 45.3 Å². The van der Waals surface area contributed by atoms with Crippen molar-refractivity contribution in [2.45, 2.75) is 85.0 Å². The van der Waals surface area contributed by atoms with Gasteiger partial charge in [-0.25, -0.2) is 0 Å². The molecular formula is C48H36N2O2S7. The number of terminal acetylenes is 1. The predicted molar refractivity (Wildman–Crippen MR) is 261 cm³/mol. The monoisotopic (exact) mass is 896 g/mol. The van der Waals surface area contributed by atoms with Gasteiger partial charge in [-0.05, 0) is 74.1 Å². The number of thiophene rings is 6. The Morgan fingerprint density at radius 3 is 1.53 bits per heavy atom. The first-order valence-electron chi connectivity index (χ1n) is 19.5. The van der Waals surface area contributed by atoms with Crippen molar-refractivity contribution in [3.63, 3.8) is 0 Å². The van der Waals surface area contributed by atoms with E-state index in [2.05, 4.69) is 110 Å². The summed E-state index contributed by atoms with van der Waals surface area (Å²) in [5.41, 5.74) is 3.32. The number of unbranched alkanes of at least 4 members (excludes halogenated alkanes) is 9. The van der Waals surface area contributed by atoms with Gasteiger partial charge in [-0.2, -0.15) is 8.75 Å². The standard InChI is InChI=1S/C48H36N2O2S7/c1-5-7-9-11-13-15-17-19-21-23-25-51-43-39(33-29-37-47(57-33)45-35(55-37)27-31(3)53-45)41-42(50-59-49-41)40(34-30-38-48(58-34)46-36(56-38)28-32(4)54-46)44(43)52-26-24-22-20-18-16-14-12-10-8-6-2/h1,27-30H,6,8,10,12,14,16,18,20,22,24,26H2,2-4H3. The molecule has 0 bridgehead atoms. The van der Waals surface area contributed by atoms with Gasteiger partial charge in [0, 0.05) is 67.9 Å². The first-order chi connectivity index (χ1) is 29.0. The minimum atomic E-state index is 0.534. The second-order valence-corrected chi connectivity index (χ2v) is 21.1. The molecule has 0 saturated heterocycles. The summed E-state index contributed by atoms with van der Waals surface area (Å²) < 4.78 is 33.8. The first kappa shape index (κ1) is 41.0. The molecule has 0 radical (unpaired) electrons. The minimum Gasteiger partial charge on any atom is -0.489 e. The van der Waals surface area contributed by atoms with E-state index in [1.54, 1.807) is 22.7 Å². The number of rotatable bonds is 15. The number of ether oxygens (including phenoxy) is 2. The molecule has 1 aromatic carbocycles. The Hall–Kier alpha value is -4.76. The molecule has 7 heterocycles. The normalized spacial score (nSPS) is 10.7. The van der Waals surface area contributed by atoms with Crippen molar-refractivity contribution in [2.75, 3.05) is 6.61 Å². The van der Waals surface area contributed by atoms with Crippen molar-refractivity contribution in [3.8, 4) is 104 Å². The van der Waals surface area contributed by atoms with Gasteiger partial charge >= 0.3 is 0 Å². The third kappa shape index (κ3) is 9.20. The van der Waals surface area contributed by atoms with E-state index >= 15 is 0 Å². The number of hydrogen-bond donors (Lipinski definition) is 0. The van der Waals surface area contributed by atoms with E-state index in [4.69, 9.17) is 24.6 Å². The van der Waals surface area contributed by atoms with E-state index < -0.39 is 0 Å². The lowest BCUT2D eigenvalue weighted by Crippen LogP contribution is -2.03. The molecule has 4 nitrogen and oxygen atoms in total. The summed E-state index contributed by atoms with van der Waals surface area (Å²) in [6, 6.07) is 9.11. The van der Waals surface area contributed by atoms with Gasteiger partial charge in [0.1, 0.15) is 17.1 Å². The number of fused-ring (bicyclic) bond motifs is 7. The maximum atomic E-state index is 6.95. The lowest BCUT2D eigenvalue weighted by molar-refractivity contribution is 0.295. The number of aromatic nitrogens is 2. The Morgan fingerprint density at radius 1 is 0.525 bits per heavy atom. The maximum absolute atomic E-state index is 6.95. The summed E-state index contributed by atoms with van der Waals surface area (Å²) in [6.07, 6.45) is 20.5. The highest BCUT2D eigenvalue weighted by Gasteiger charge is 2.30. The van der Waals surface area contributed by atoms with Gasteiger partial charge in [0.05, 0.1) is 48.3 Å². The zero-order valence-corrected chi connectivity index (χ0v) is 38.4. The summed E-state index contributed by atoms with van der Waals surface area (Å²) in [5.74, 6) is 27.2. The summed E-state index contributed by atoms with van der Waals surface area (Å²) in [4.78, 5) is 4.73. The fraction of sp³-hybridized carbons (Fsp3) is 0.292. The molecule has 8 rings (SSSR count). The quantitative estimate of drug-likeness (QED) is 0.0760. The van der Waals surface area contributed by atoms with Crippen LogP contribution in [-0.2, 0) is 0 Å². The lowest BCUT2D eigenvalue weighted by Gasteiger charge is -2.17. The Balaban J connectivity index is 1.20. The van der Waals surface area contributed by atoms with Crippen LogP contribution in [0, 0.1) is 85.6 Å². The van der Waals surface area contributed by atoms with Gasteiger partial charge < -0.3 is 9.47 Å². The van der Waals surface area contributed by atoms with Crippen molar-refractivity contribution in [3.05, 3.63) is 34.0 Å². The largest absolute Gasteiger partial charge is 0.489 e. The van der Waals surface area contributed by atoms with Gasteiger partial charge in [-0.3, -0.25) is 0 Å². The van der Waals surface area contributed by atoms with Gasteiger partial charge in [-0.15, -0.1) is 74.4 Å². The Labute approximate surface area is 373 Å². The SMILES string of the molecule is C#CC#CC#CC#CC#CC#COc1c(OCCCCCCCCCCCC)c(-c2cc3sc4cc(C)sc4c3s2)c2nsnc2c1-c1cc2sc3cc(C)sc3c2s1. The lowest BCUT2D eigenvalue weighted by atomic mass is 10.0. The third-order valence-corrected chi connectivity index (χ3v) is 17.5. The van der Waals surface area contributed by atoms with E-state index in [-0.39, 0.29) is 0 Å². The van der Waals surface area contributed by atoms with Crippen LogP contribution in [0.1, 0.15) is 80.9 Å². The van der Waals surface area contributed by atoms with Crippen molar-refractivity contribution in [2.24, 2.45) is 0 Å². The average Bonchev–Trinajstić information content (AvgIpc) is 4.09. The first-order valence-corrected chi connectivity index (χ1v) is 25.1. The van der Waals surface area contributed by atoms with Crippen LogP contribution in [0.5, 0.6) is 11.5 Å². The van der Waals surface area contributed by atoms with Crippen molar-refractivity contribution >= 4 is 128 Å². The average molecular weight is 897 g/mol. The van der Waals surface area contributed by atoms with Gasteiger partial charge in [0.25, 0.3) is 0 Å². The zero-order chi connectivity index (χ0) is 40.6. The molecule has 59 heavy (non-hydrogen) atoms. The zero-order valence-electron chi connectivity index (χ0n) is 32.7. The molecule has 292 valence electrons. The van der Waals surface area contributed by atoms with Crippen LogP contribution in [0.25, 0.3) is 69.5 Å². The summed E-state index contributed by atoms with van der Waals surface area (Å²) in [6.45, 7) is 7.15. The molecule has 8 aromatic rings. The van der Waals surface area contributed by atoms with Crippen LogP contribution in [0.3, 0.4) is 0 Å². The topological polar surface area (TPSA) is 44.2 Å². The molecule has 0 saturated carbocycles. The second kappa shape index (κ2) is 19.5. The fourth-order valence-corrected chi connectivity index (χ4v) is 15.4. The molecule has 0 fully saturated rings. The molecule has 0 unspecified atom stereocenters. The Kier molecular flexibility index (Phi) is 13.6. The molecule has 11 heteroatoms. The van der Waals surface area contributed by atoms with Crippen LogP contribution in [-0.4, -0.2) is 15.4 Å². The molecular weight excluding hydrogens is 861 g/mol. The smallest absolute Gasteiger partial charge is 0.193 e. The van der Waals surface area contributed by atoms with Crippen LogP contribution in [0.4, 0.5) is 0 Å².